The number of hydrogen-bond donors (Lipinski definition) is 1. The van der Waals surface area contributed by atoms with Crippen molar-refractivity contribution in [3.63, 3.8) is 0 Å². The van der Waals surface area contributed by atoms with Crippen LogP contribution in [0.4, 0.5) is 5.82 Å². The lowest BCUT2D eigenvalue weighted by atomic mass is 10.1. The number of rotatable bonds is 2. The molecule has 0 saturated carbocycles. The second kappa shape index (κ2) is 3.96. The van der Waals surface area contributed by atoms with Crippen molar-refractivity contribution >= 4 is 5.82 Å². The third kappa shape index (κ3) is 1.74. The fraction of sp³-hybridized carbons (Fsp3) is 0.0909. The summed E-state index contributed by atoms with van der Waals surface area (Å²) < 4.78 is 5.20. The Hall–Kier alpha value is -2.10. The van der Waals surface area contributed by atoms with Gasteiger partial charge in [0.2, 0.25) is 0 Å². The van der Waals surface area contributed by atoms with E-state index in [1.54, 1.807) is 19.5 Å². The first-order chi connectivity index (χ1) is 7.33. The highest BCUT2D eigenvalue weighted by atomic mass is 16.5. The summed E-state index contributed by atoms with van der Waals surface area (Å²) in [4.78, 5) is 8.20. The van der Waals surface area contributed by atoms with E-state index >= 15 is 0 Å². The Morgan fingerprint density at radius 1 is 1.13 bits per heavy atom. The van der Waals surface area contributed by atoms with E-state index in [0.29, 0.717) is 11.6 Å². The van der Waals surface area contributed by atoms with Crippen molar-refractivity contribution in [1.29, 1.82) is 0 Å². The molecule has 2 aromatic rings. The summed E-state index contributed by atoms with van der Waals surface area (Å²) in [7, 11) is 1.57. The largest absolute Gasteiger partial charge is 0.492 e. The Balaban J connectivity index is 2.58. The number of aromatic nitrogens is 2. The van der Waals surface area contributed by atoms with Crippen molar-refractivity contribution in [2.75, 3.05) is 12.8 Å². The standard InChI is InChI=1S/C11H11N3O/c1-15-10-8(5-7-14-11(10)12)9-4-2-3-6-13-9/h2-7H,1H3,(H2,12,14). The third-order valence-corrected chi connectivity index (χ3v) is 2.08. The van der Waals surface area contributed by atoms with Gasteiger partial charge in [0.25, 0.3) is 0 Å². The zero-order valence-electron chi connectivity index (χ0n) is 8.34. The number of nitrogens with two attached hydrogens (primary N) is 1. The molecule has 2 aromatic heterocycles. The maximum Gasteiger partial charge on any atom is 0.170 e. The first-order valence-electron chi connectivity index (χ1n) is 4.53. The van der Waals surface area contributed by atoms with Crippen LogP contribution in [-0.2, 0) is 0 Å². The summed E-state index contributed by atoms with van der Waals surface area (Å²) in [6, 6.07) is 7.51. The quantitative estimate of drug-likeness (QED) is 0.803. The Kier molecular flexibility index (Phi) is 2.49. The fourth-order valence-corrected chi connectivity index (χ4v) is 1.40. The molecule has 0 bridgehead atoms. The molecule has 0 amide bonds. The summed E-state index contributed by atoms with van der Waals surface area (Å²) in [5.41, 5.74) is 7.38. The van der Waals surface area contributed by atoms with Crippen molar-refractivity contribution in [2.24, 2.45) is 0 Å². The highest BCUT2D eigenvalue weighted by Crippen LogP contribution is 2.31. The van der Waals surface area contributed by atoms with E-state index in [9.17, 15) is 0 Å². The summed E-state index contributed by atoms with van der Waals surface area (Å²) in [5, 5.41) is 0. The number of anilines is 1. The number of pyridine rings is 2. The van der Waals surface area contributed by atoms with Crippen LogP contribution in [-0.4, -0.2) is 17.1 Å². The second-order valence-electron chi connectivity index (χ2n) is 2.99. The van der Waals surface area contributed by atoms with E-state index in [2.05, 4.69) is 9.97 Å². The number of nitrogen functional groups attached to an aromatic ring is 1. The van der Waals surface area contributed by atoms with Gasteiger partial charge in [-0.3, -0.25) is 4.98 Å². The van der Waals surface area contributed by atoms with Crippen LogP contribution in [0.15, 0.2) is 36.7 Å². The molecule has 0 aliphatic heterocycles. The van der Waals surface area contributed by atoms with Gasteiger partial charge in [0.15, 0.2) is 11.6 Å². The molecule has 0 saturated heterocycles. The van der Waals surface area contributed by atoms with Gasteiger partial charge in [-0.1, -0.05) is 6.07 Å². The summed E-state index contributed by atoms with van der Waals surface area (Å²) >= 11 is 0. The van der Waals surface area contributed by atoms with Gasteiger partial charge in [-0.25, -0.2) is 4.98 Å². The van der Waals surface area contributed by atoms with Gasteiger partial charge in [0.05, 0.1) is 12.8 Å². The fourth-order valence-electron chi connectivity index (χ4n) is 1.40. The molecule has 15 heavy (non-hydrogen) atoms. The molecule has 4 nitrogen and oxygen atoms in total. The van der Waals surface area contributed by atoms with E-state index in [4.69, 9.17) is 10.5 Å². The number of nitrogens with zero attached hydrogens (tertiary/aromatic N) is 2. The van der Waals surface area contributed by atoms with Crippen molar-refractivity contribution in [2.45, 2.75) is 0 Å². The second-order valence-corrected chi connectivity index (χ2v) is 2.99. The summed E-state index contributed by atoms with van der Waals surface area (Å²) in [6.45, 7) is 0. The minimum Gasteiger partial charge on any atom is -0.492 e. The minimum absolute atomic E-state index is 0.376. The Morgan fingerprint density at radius 3 is 2.67 bits per heavy atom. The molecule has 2 N–H and O–H groups in total. The molecule has 0 atom stereocenters. The first kappa shape index (κ1) is 9.45. The molecule has 0 radical (unpaired) electrons. The maximum absolute atomic E-state index is 5.71. The first-order valence-corrected chi connectivity index (χ1v) is 4.53. The smallest absolute Gasteiger partial charge is 0.170 e. The molecule has 0 unspecified atom stereocenters. The third-order valence-electron chi connectivity index (χ3n) is 2.08. The average Bonchev–Trinajstić information content (AvgIpc) is 2.30. The van der Waals surface area contributed by atoms with Crippen LogP contribution in [0.25, 0.3) is 11.3 Å². The van der Waals surface area contributed by atoms with Crippen LogP contribution < -0.4 is 10.5 Å². The predicted molar refractivity (Wildman–Crippen MR) is 58.4 cm³/mol. The average molecular weight is 201 g/mol. The van der Waals surface area contributed by atoms with E-state index in [1.165, 1.54) is 0 Å². The molecule has 76 valence electrons. The monoisotopic (exact) mass is 201 g/mol. The maximum atomic E-state index is 5.71. The van der Waals surface area contributed by atoms with E-state index in [0.717, 1.165) is 11.3 Å². The highest BCUT2D eigenvalue weighted by molar-refractivity contribution is 5.72. The molecule has 4 heteroatoms. The van der Waals surface area contributed by atoms with E-state index < -0.39 is 0 Å². The molecular formula is C11H11N3O. The van der Waals surface area contributed by atoms with Crippen LogP contribution in [0.1, 0.15) is 0 Å². The molecule has 0 aliphatic carbocycles. The summed E-state index contributed by atoms with van der Waals surface area (Å²) in [5.74, 6) is 0.942. The van der Waals surface area contributed by atoms with Gasteiger partial charge in [0, 0.05) is 18.0 Å². The van der Waals surface area contributed by atoms with Crippen molar-refractivity contribution in [3.05, 3.63) is 36.7 Å². The number of hydrogen-bond acceptors (Lipinski definition) is 4. The molecule has 0 aromatic carbocycles. The molecule has 0 spiro atoms. The van der Waals surface area contributed by atoms with Crippen molar-refractivity contribution in [3.8, 4) is 17.0 Å². The minimum atomic E-state index is 0.376. The molecule has 2 rings (SSSR count). The Morgan fingerprint density at radius 2 is 2.00 bits per heavy atom. The highest BCUT2D eigenvalue weighted by Gasteiger charge is 2.09. The lowest BCUT2D eigenvalue weighted by molar-refractivity contribution is 0.417. The number of methoxy groups -OCH3 is 1. The lowest BCUT2D eigenvalue weighted by Crippen LogP contribution is -1.97. The number of ether oxygens (including phenoxy) is 1. The van der Waals surface area contributed by atoms with Crippen molar-refractivity contribution in [1.82, 2.24) is 9.97 Å². The van der Waals surface area contributed by atoms with E-state index in [1.807, 2.05) is 24.3 Å². The molecule has 0 aliphatic rings. The van der Waals surface area contributed by atoms with Crippen molar-refractivity contribution < 1.29 is 4.74 Å². The Labute approximate surface area is 87.7 Å². The zero-order chi connectivity index (χ0) is 10.7. The topological polar surface area (TPSA) is 61.0 Å². The van der Waals surface area contributed by atoms with Crippen LogP contribution in [0.2, 0.25) is 0 Å². The molecular weight excluding hydrogens is 190 g/mol. The summed E-state index contributed by atoms with van der Waals surface area (Å²) in [6.07, 6.45) is 3.37. The SMILES string of the molecule is COc1c(-c2ccccn2)ccnc1N. The Bertz CT molecular complexity index is 457. The van der Waals surface area contributed by atoms with Gasteiger partial charge in [-0.2, -0.15) is 0 Å². The van der Waals surface area contributed by atoms with Crippen LogP contribution in [0, 0.1) is 0 Å². The predicted octanol–water partition coefficient (Wildman–Crippen LogP) is 1.73. The van der Waals surface area contributed by atoms with E-state index in [-0.39, 0.29) is 0 Å². The molecule has 0 fully saturated rings. The zero-order valence-corrected chi connectivity index (χ0v) is 8.34. The lowest BCUT2D eigenvalue weighted by Gasteiger charge is -2.08. The molecule has 2 heterocycles. The van der Waals surface area contributed by atoms with Gasteiger partial charge in [-0.05, 0) is 18.2 Å². The van der Waals surface area contributed by atoms with Gasteiger partial charge in [-0.15, -0.1) is 0 Å². The normalized spacial score (nSPS) is 9.93. The van der Waals surface area contributed by atoms with Gasteiger partial charge < -0.3 is 10.5 Å². The van der Waals surface area contributed by atoms with Crippen LogP contribution >= 0.6 is 0 Å². The van der Waals surface area contributed by atoms with Crippen LogP contribution in [0.5, 0.6) is 5.75 Å². The van der Waals surface area contributed by atoms with Gasteiger partial charge >= 0.3 is 0 Å². The van der Waals surface area contributed by atoms with Crippen LogP contribution in [0.3, 0.4) is 0 Å². The van der Waals surface area contributed by atoms with Gasteiger partial charge in [0.1, 0.15) is 0 Å².